The number of hydrazone groups is 1. The van der Waals surface area contributed by atoms with Crippen molar-refractivity contribution in [2.45, 2.75) is 6.18 Å². The Labute approximate surface area is 161 Å². The van der Waals surface area contributed by atoms with E-state index in [9.17, 15) is 13.2 Å². The molecule has 0 spiro atoms. The van der Waals surface area contributed by atoms with E-state index < -0.39 is 11.9 Å². The topological polar surface area (TPSA) is 37.3 Å². The van der Waals surface area contributed by atoms with Gasteiger partial charge in [-0.3, -0.25) is 5.43 Å². The van der Waals surface area contributed by atoms with Crippen LogP contribution in [0.2, 0.25) is 10.0 Å². The van der Waals surface area contributed by atoms with Gasteiger partial charge in [0.15, 0.2) is 5.69 Å². The molecule has 3 rings (SSSR count). The van der Waals surface area contributed by atoms with Gasteiger partial charge in [-0.2, -0.15) is 18.3 Å². The van der Waals surface area contributed by atoms with Gasteiger partial charge in [0.05, 0.1) is 16.1 Å². The molecule has 0 aliphatic heterocycles. The van der Waals surface area contributed by atoms with Crippen LogP contribution < -0.4 is 5.43 Å². The van der Waals surface area contributed by atoms with Crippen LogP contribution in [0.15, 0.2) is 53.6 Å². The normalized spacial score (nSPS) is 11.9. The molecule has 0 atom stereocenters. The summed E-state index contributed by atoms with van der Waals surface area (Å²) in [4.78, 5) is 3.67. The van der Waals surface area contributed by atoms with Crippen molar-refractivity contribution in [1.29, 1.82) is 0 Å². The molecule has 0 bridgehead atoms. The maximum absolute atomic E-state index is 13.3. The summed E-state index contributed by atoms with van der Waals surface area (Å²) in [6.45, 7) is 0. The molecule has 26 heavy (non-hydrogen) atoms. The summed E-state index contributed by atoms with van der Waals surface area (Å²) in [5, 5.41) is 4.79. The highest BCUT2D eigenvalue weighted by molar-refractivity contribution is 7.19. The van der Waals surface area contributed by atoms with Crippen molar-refractivity contribution in [3.05, 3.63) is 69.8 Å². The minimum Gasteiger partial charge on any atom is -0.253 e. The van der Waals surface area contributed by atoms with Crippen LogP contribution in [0.3, 0.4) is 0 Å². The highest BCUT2D eigenvalue weighted by Crippen LogP contribution is 2.41. The number of alkyl halides is 3. The predicted octanol–water partition coefficient (Wildman–Crippen LogP) is 6.58. The first-order chi connectivity index (χ1) is 12.3. The second-order valence-electron chi connectivity index (χ2n) is 5.10. The van der Waals surface area contributed by atoms with E-state index in [0.717, 1.165) is 11.3 Å². The second kappa shape index (κ2) is 7.65. The van der Waals surface area contributed by atoms with Crippen molar-refractivity contribution in [3.63, 3.8) is 0 Å². The lowest BCUT2D eigenvalue weighted by atomic mass is 10.1. The van der Waals surface area contributed by atoms with Gasteiger partial charge in [-0.05, 0) is 17.7 Å². The molecule has 3 aromatic rings. The Morgan fingerprint density at radius 2 is 1.81 bits per heavy atom. The van der Waals surface area contributed by atoms with Gasteiger partial charge < -0.3 is 0 Å². The van der Waals surface area contributed by atoms with E-state index in [0.29, 0.717) is 21.2 Å². The fourth-order valence-corrected chi connectivity index (χ4v) is 3.51. The Balaban J connectivity index is 1.87. The molecule has 3 nitrogen and oxygen atoms in total. The van der Waals surface area contributed by atoms with Gasteiger partial charge in [-0.25, -0.2) is 4.98 Å². The van der Waals surface area contributed by atoms with E-state index in [1.807, 2.05) is 0 Å². The number of nitrogens with zero attached hydrogens (tertiary/aromatic N) is 2. The summed E-state index contributed by atoms with van der Waals surface area (Å²) in [7, 11) is 0. The molecule has 0 unspecified atom stereocenters. The van der Waals surface area contributed by atoms with Crippen LogP contribution in [0.1, 0.15) is 11.3 Å². The quantitative estimate of drug-likeness (QED) is 0.385. The number of nitrogens with one attached hydrogen (secondary N) is 1. The predicted molar refractivity (Wildman–Crippen MR) is 100 cm³/mol. The summed E-state index contributed by atoms with van der Waals surface area (Å²) in [6, 6.07) is 13.1. The van der Waals surface area contributed by atoms with Crippen molar-refractivity contribution in [2.75, 3.05) is 5.43 Å². The molecule has 0 saturated carbocycles. The molecular weight excluding hydrogens is 406 g/mol. The minimum absolute atomic E-state index is 0.0255. The Bertz CT molecular complexity index is 940. The Morgan fingerprint density at radius 3 is 2.46 bits per heavy atom. The van der Waals surface area contributed by atoms with Gasteiger partial charge in [0.25, 0.3) is 0 Å². The van der Waals surface area contributed by atoms with E-state index in [4.69, 9.17) is 23.2 Å². The average molecular weight is 416 g/mol. The molecule has 1 N–H and O–H groups in total. The Morgan fingerprint density at radius 1 is 1.08 bits per heavy atom. The SMILES string of the molecule is FC(F)(F)c1nc(N/N=C/c2ccc(Cl)cc2Cl)sc1-c1ccccc1. The molecule has 0 aliphatic rings. The standard InChI is InChI=1S/C17H10Cl2F3N3S/c18-12-7-6-11(13(19)8-12)9-23-25-16-24-15(17(20,21)22)14(26-16)10-4-2-1-3-5-10/h1-9H,(H,24,25)/b23-9+. The maximum Gasteiger partial charge on any atom is 0.434 e. The van der Waals surface area contributed by atoms with Gasteiger partial charge in [-0.15, -0.1) is 0 Å². The maximum atomic E-state index is 13.3. The van der Waals surface area contributed by atoms with E-state index in [1.165, 1.54) is 6.21 Å². The molecule has 0 aliphatic carbocycles. The summed E-state index contributed by atoms with van der Waals surface area (Å²) in [5.41, 5.74) is 2.58. The molecular formula is C17H10Cl2F3N3S. The fraction of sp³-hybridized carbons (Fsp3) is 0.0588. The average Bonchev–Trinajstić information content (AvgIpc) is 3.02. The smallest absolute Gasteiger partial charge is 0.253 e. The van der Waals surface area contributed by atoms with Crippen molar-refractivity contribution in [3.8, 4) is 10.4 Å². The fourth-order valence-electron chi connectivity index (χ4n) is 2.11. The summed E-state index contributed by atoms with van der Waals surface area (Å²) < 4.78 is 39.8. The molecule has 0 fully saturated rings. The van der Waals surface area contributed by atoms with Crippen LogP contribution in [0.5, 0.6) is 0 Å². The van der Waals surface area contributed by atoms with Crippen LogP contribution in [0.25, 0.3) is 10.4 Å². The third-order valence-corrected chi connectivity index (χ3v) is 4.83. The van der Waals surface area contributed by atoms with Crippen LogP contribution in [0.4, 0.5) is 18.3 Å². The third-order valence-electron chi connectivity index (χ3n) is 3.26. The number of benzene rings is 2. The van der Waals surface area contributed by atoms with E-state index in [1.54, 1.807) is 48.5 Å². The monoisotopic (exact) mass is 415 g/mol. The molecule has 0 amide bonds. The molecule has 9 heteroatoms. The summed E-state index contributed by atoms with van der Waals surface area (Å²) in [6.07, 6.45) is -3.18. The van der Waals surface area contributed by atoms with E-state index in [-0.39, 0.29) is 10.0 Å². The van der Waals surface area contributed by atoms with Gasteiger partial charge in [0, 0.05) is 10.6 Å². The number of aromatic nitrogens is 1. The van der Waals surface area contributed by atoms with Crippen molar-refractivity contribution in [2.24, 2.45) is 5.10 Å². The van der Waals surface area contributed by atoms with Gasteiger partial charge >= 0.3 is 6.18 Å². The van der Waals surface area contributed by atoms with Crippen LogP contribution in [0, 0.1) is 0 Å². The molecule has 2 aromatic carbocycles. The zero-order valence-corrected chi connectivity index (χ0v) is 15.2. The number of halogens is 5. The van der Waals surface area contributed by atoms with Crippen LogP contribution in [-0.4, -0.2) is 11.2 Å². The second-order valence-corrected chi connectivity index (χ2v) is 6.94. The van der Waals surface area contributed by atoms with Crippen molar-refractivity contribution >= 4 is 45.9 Å². The van der Waals surface area contributed by atoms with Gasteiger partial charge in [-0.1, -0.05) is 70.9 Å². The summed E-state index contributed by atoms with van der Waals surface area (Å²) in [5.74, 6) is 0. The van der Waals surface area contributed by atoms with E-state index in [2.05, 4.69) is 15.5 Å². The van der Waals surface area contributed by atoms with E-state index >= 15 is 0 Å². The number of hydrogen-bond donors (Lipinski definition) is 1. The first-order valence-corrected chi connectivity index (χ1v) is 8.79. The number of anilines is 1. The minimum atomic E-state index is -4.56. The first-order valence-electron chi connectivity index (χ1n) is 7.22. The zero-order valence-electron chi connectivity index (χ0n) is 12.9. The highest BCUT2D eigenvalue weighted by atomic mass is 35.5. The lowest BCUT2D eigenvalue weighted by molar-refractivity contribution is -0.140. The molecule has 0 radical (unpaired) electrons. The molecule has 0 saturated heterocycles. The highest BCUT2D eigenvalue weighted by Gasteiger charge is 2.38. The molecule has 1 heterocycles. The van der Waals surface area contributed by atoms with Crippen LogP contribution in [-0.2, 0) is 6.18 Å². The summed E-state index contributed by atoms with van der Waals surface area (Å²) >= 11 is 12.7. The lowest BCUT2D eigenvalue weighted by Crippen LogP contribution is -2.07. The lowest BCUT2D eigenvalue weighted by Gasteiger charge is -2.05. The number of hydrogen-bond acceptors (Lipinski definition) is 4. The largest absolute Gasteiger partial charge is 0.434 e. The number of thiazole rings is 1. The van der Waals surface area contributed by atoms with Crippen molar-refractivity contribution in [1.82, 2.24) is 4.98 Å². The van der Waals surface area contributed by atoms with Crippen molar-refractivity contribution < 1.29 is 13.2 Å². The Hall–Kier alpha value is -2.09. The molecule has 134 valence electrons. The van der Waals surface area contributed by atoms with Gasteiger partial charge in [0.2, 0.25) is 5.13 Å². The number of rotatable bonds is 4. The first kappa shape index (κ1) is 18.7. The Kier molecular flexibility index (Phi) is 5.50. The van der Waals surface area contributed by atoms with Crippen LogP contribution >= 0.6 is 34.5 Å². The molecule has 1 aromatic heterocycles. The zero-order chi connectivity index (χ0) is 18.7. The third kappa shape index (κ3) is 4.35. The van der Waals surface area contributed by atoms with Gasteiger partial charge in [0.1, 0.15) is 0 Å².